The van der Waals surface area contributed by atoms with Crippen LogP contribution in [0.4, 0.5) is 8.78 Å². The maximum Gasteiger partial charge on any atom is 0.264 e. The first-order chi connectivity index (χ1) is 8.65. The number of rotatable bonds is 6. The van der Waals surface area contributed by atoms with Gasteiger partial charge in [0.2, 0.25) is 0 Å². The summed E-state index contributed by atoms with van der Waals surface area (Å²) in [7, 11) is 0. The summed E-state index contributed by atoms with van der Waals surface area (Å²) in [6, 6.07) is 1.82. The number of nitrogens with zero attached hydrogens (tertiary/aromatic N) is 2. The van der Waals surface area contributed by atoms with Crippen molar-refractivity contribution in [3.05, 3.63) is 40.6 Å². The zero-order chi connectivity index (χ0) is 13.0. The third-order valence-electron chi connectivity index (χ3n) is 2.59. The number of imidazole rings is 1. The van der Waals surface area contributed by atoms with Gasteiger partial charge in [0.15, 0.2) is 0 Å². The van der Waals surface area contributed by atoms with E-state index in [1.165, 1.54) is 16.7 Å². The first-order valence-corrected chi connectivity index (χ1v) is 6.57. The standard InChI is InChI=1S/C12H15F2N3S/c1-9(6-17-3-2-15-8-17)16-5-11-4-10(7-18-11)12(13)14/h2-4,7-9,12,16H,5-6H2,1H3. The molecule has 0 spiro atoms. The lowest BCUT2D eigenvalue weighted by molar-refractivity contribution is 0.152. The van der Waals surface area contributed by atoms with Gasteiger partial charge in [-0.1, -0.05) is 0 Å². The van der Waals surface area contributed by atoms with Crippen LogP contribution >= 0.6 is 11.3 Å². The Kier molecular flexibility index (Phi) is 4.43. The van der Waals surface area contributed by atoms with Gasteiger partial charge in [0, 0.05) is 42.0 Å². The lowest BCUT2D eigenvalue weighted by atomic mass is 10.3. The molecule has 0 radical (unpaired) electrons. The van der Waals surface area contributed by atoms with Crippen LogP contribution in [0.2, 0.25) is 0 Å². The van der Waals surface area contributed by atoms with Gasteiger partial charge in [0.05, 0.1) is 6.33 Å². The van der Waals surface area contributed by atoms with Crippen molar-refractivity contribution in [2.45, 2.75) is 32.5 Å². The molecule has 6 heteroatoms. The van der Waals surface area contributed by atoms with Crippen molar-refractivity contribution in [1.82, 2.24) is 14.9 Å². The van der Waals surface area contributed by atoms with Crippen LogP contribution in [0, 0.1) is 0 Å². The van der Waals surface area contributed by atoms with Crippen molar-refractivity contribution in [3.8, 4) is 0 Å². The van der Waals surface area contributed by atoms with Gasteiger partial charge in [-0.25, -0.2) is 13.8 Å². The minimum absolute atomic E-state index is 0.110. The Bertz CT molecular complexity index is 467. The van der Waals surface area contributed by atoms with Gasteiger partial charge < -0.3 is 9.88 Å². The topological polar surface area (TPSA) is 29.9 Å². The molecule has 2 heterocycles. The zero-order valence-electron chi connectivity index (χ0n) is 10.0. The van der Waals surface area contributed by atoms with Gasteiger partial charge in [0.25, 0.3) is 6.43 Å². The smallest absolute Gasteiger partial charge is 0.264 e. The van der Waals surface area contributed by atoms with Gasteiger partial charge in [0.1, 0.15) is 0 Å². The van der Waals surface area contributed by atoms with Crippen LogP contribution in [0.5, 0.6) is 0 Å². The molecule has 98 valence electrons. The van der Waals surface area contributed by atoms with Crippen LogP contribution < -0.4 is 5.32 Å². The molecule has 0 bridgehead atoms. The van der Waals surface area contributed by atoms with Gasteiger partial charge in [-0.3, -0.25) is 0 Å². The fourth-order valence-corrected chi connectivity index (χ4v) is 2.48. The highest BCUT2D eigenvalue weighted by molar-refractivity contribution is 7.10. The summed E-state index contributed by atoms with van der Waals surface area (Å²) in [5.41, 5.74) is 0.110. The summed E-state index contributed by atoms with van der Waals surface area (Å²) in [4.78, 5) is 4.90. The number of hydrogen-bond acceptors (Lipinski definition) is 3. The summed E-state index contributed by atoms with van der Waals surface area (Å²) >= 11 is 1.37. The van der Waals surface area contributed by atoms with Crippen molar-refractivity contribution in [2.75, 3.05) is 0 Å². The van der Waals surface area contributed by atoms with E-state index in [0.717, 1.165) is 11.4 Å². The highest BCUT2D eigenvalue weighted by atomic mass is 32.1. The monoisotopic (exact) mass is 271 g/mol. The van der Waals surface area contributed by atoms with Gasteiger partial charge in [-0.15, -0.1) is 11.3 Å². The Morgan fingerprint density at radius 2 is 2.33 bits per heavy atom. The van der Waals surface area contributed by atoms with E-state index in [9.17, 15) is 8.78 Å². The number of alkyl halides is 2. The van der Waals surface area contributed by atoms with Gasteiger partial charge >= 0.3 is 0 Å². The molecule has 1 unspecified atom stereocenters. The summed E-state index contributed by atoms with van der Waals surface area (Å²) in [5, 5.41) is 4.82. The second-order valence-electron chi connectivity index (χ2n) is 4.19. The van der Waals surface area contributed by atoms with Crippen molar-refractivity contribution in [1.29, 1.82) is 0 Å². The van der Waals surface area contributed by atoms with Crippen LogP contribution in [0.25, 0.3) is 0 Å². The Morgan fingerprint density at radius 1 is 1.50 bits per heavy atom. The van der Waals surface area contributed by atoms with Crippen LogP contribution in [0.3, 0.4) is 0 Å². The molecule has 2 aromatic rings. The minimum Gasteiger partial charge on any atom is -0.336 e. The predicted molar refractivity (Wildman–Crippen MR) is 67.8 cm³/mol. The first-order valence-electron chi connectivity index (χ1n) is 5.69. The fourth-order valence-electron chi connectivity index (χ4n) is 1.66. The van der Waals surface area contributed by atoms with Gasteiger partial charge in [-0.2, -0.15) is 0 Å². The molecule has 0 saturated carbocycles. The van der Waals surface area contributed by atoms with E-state index >= 15 is 0 Å². The molecular formula is C12H15F2N3S. The Morgan fingerprint density at radius 3 is 2.94 bits per heavy atom. The quantitative estimate of drug-likeness (QED) is 0.875. The molecule has 0 amide bonds. The largest absolute Gasteiger partial charge is 0.336 e. The summed E-state index contributed by atoms with van der Waals surface area (Å²) in [6.45, 7) is 3.49. The number of halogens is 2. The third kappa shape index (κ3) is 3.61. The molecule has 18 heavy (non-hydrogen) atoms. The summed E-state index contributed by atoms with van der Waals surface area (Å²) in [6.07, 6.45) is 3.02. The van der Waals surface area contributed by atoms with Crippen molar-refractivity contribution in [3.63, 3.8) is 0 Å². The van der Waals surface area contributed by atoms with Crippen LogP contribution in [0.1, 0.15) is 23.8 Å². The average Bonchev–Trinajstić information content (AvgIpc) is 2.96. The SMILES string of the molecule is CC(Cn1ccnc1)NCc1cc(C(F)F)cs1. The number of hydrogen-bond donors (Lipinski definition) is 1. The lowest BCUT2D eigenvalue weighted by Crippen LogP contribution is -2.29. The van der Waals surface area contributed by atoms with Crippen LogP contribution in [0.15, 0.2) is 30.2 Å². The van der Waals surface area contributed by atoms with E-state index in [4.69, 9.17) is 0 Å². The van der Waals surface area contributed by atoms with E-state index in [1.54, 1.807) is 18.6 Å². The van der Waals surface area contributed by atoms with Gasteiger partial charge in [-0.05, 0) is 18.4 Å². The van der Waals surface area contributed by atoms with Crippen molar-refractivity contribution in [2.24, 2.45) is 0 Å². The molecule has 3 nitrogen and oxygen atoms in total. The second-order valence-corrected chi connectivity index (χ2v) is 5.18. The second kappa shape index (κ2) is 6.06. The highest BCUT2D eigenvalue weighted by Gasteiger charge is 2.10. The van der Waals surface area contributed by atoms with E-state index in [1.807, 2.05) is 10.8 Å². The number of thiophene rings is 1. The normalized spacial score (nSPS) is 13.1. The zero-order valence-corrected chi connectivity index (χ0v) is 10.8. The van der Waals surface area contributed by atoms with E-state index < -0.39 is 6.43 Å². The summed E-state index contributed by atoms with van der Waals surface area (Å²) < 4.78 is 26.8. The first kappa shape index (κ1) is 13.2. The molecule has 1 atom stereocenters. The average molecular weight is 271 g/mol. The number of aromatic nitrogens is 2. The maximum atomic E-state index is 12.4. The number of nitrogens with one attached hydrogen (secondary N) is 1. The Labute approximate surface area is 108 Å². The van der Waals surface area contributed by atoms with Crippen LogP contribution in [-0.2, 0) is 13.1 Å². The van der Waals surface area contributed by atoms with Crippen molar-refractivity contribution < 1.29 is 8.78 Å². The minimum atomic E-state index is -2.38. The van der Waals surface area contributed by atoms with Crippen molar-refractivity contribution >= 4 is 11.3 Å². The molecule has 2 rings (SSSR count). The van der Waals surface area contributed by atoms with Crippen LogP contribution in [-0.4, -0.2) is 15.6 Å². The molecule has 0 aliphatic rings. The van der Waals surface area contributed by atoms with E-state index in [0.29, 0.717) is 6.54 Å². The molecule has 0 aliphatic carbocycles. The molecule has 0 saturated heterocycles. The Hall–Kier alpha value is -1.27. The molecule has 0 fully saturated rings. The molecule has 2 aromatic heterocycles. The van der Waals surface area contributed by atoms with E-state index in [2.05, 4.69) is 17.2 Å². The fraction of sp³-hybridized carbons (Fsp3) is 0.417. The third-order valence-corrected chi connectivity index (χ3v) is 3.55. The van der Waals surface area contributed by atoms with E-state index in [-0.39, 0.29) is 11.6 Å². The maximum absolute atomic E-state index is 12.4. The highest BCUT2D eigenvalue weighted by Crippen LogP contribution is 2.24. The molecular weight excluding hydrogens is 256 g/mol. The molecule has 1 N–H and O–H groups in total. The molecule has 0 aliphatic heterocycles. The predicted octanol–water partition coefficient (Wildman–Crippen LogP) is 3.06. The molecule has 0 aromatic carbocycles. The Balaban J connectivity index is 1.79. The summed E-state index contributed by atoms with van der Waals surface area (Å²) in [5.74, 6) is 0. The lowest BCUT2D eigenvalue weighted by Gasteiger charge is -2.13.